The fourth-order valence-corrected chi connectivity index (χ4v) is 3.29. The topological polar surface area (TPSA) is 45.0 Å². The van der Waals surface area contributed by atoms with E-state index in [0.29, 0.717) is 6.54 Å². The third-order valence-electron chi connectivity index (χ3n) is 2.00. The monoisotopic (exact) mass is 260 g/mol. The number of aliphatic hydroxyl groups excluding tert-OH is 1. The number of aliphatic imine (C=N–C) groups is 2. The first-order valence-electron chi connectivity index (χ1n) is 5.38. The molecule has 1 aliphatic heterocycles. The van der Waals surface area contributed by atoms with Gasteiger partial charge >= 0.3 is 0 Å². The van der Waals surface area contributed by atoms with E-state index in [0.717, 1.165) is 0 Å². The highest BCUT2D eigenvalue weighted by molar-refractivity contribution is 8.78. The summed E-state index contributed by atoms with van der Waals surface area (Å²) in [6.07, 6.45) is 3.90. The molecule has 0 aromatic rings. The normalized spacial score (nSPS) is 28.9. The van der Waals surface area contributed by atoms with E-state index >= 15 is 0 Å². The van der Waals surface area contributed by atoms with Gasteiger partial charge in [0.15, 0.2) is 0 Å². The van der Waals surface area contributed by atoms with Crippen LogP contribution in [0.3, 0.4) is 0 Å². The van der Waals surface area contributed by atoms with Crippen molar-refractivity contribution in [2.45, 2.75) is 43.2 Å². The predicted octanol–water partition coefficient (Wildman–Crippen LogP) is 2.44. The second-order valence-electron chi connectivity index (χ2n) is 4.98. The molecule has 3 nitrogen and oxygen atoms in total. The summed E-state index contributed by atoms with van der Waals surface area (Å²) in [7, 11) is 3.60. The zero-order valence-electron chi connectivity index (χ0n) is 10.3. The summed E-state index contributed by atoms with van der Waals surface area (Å²) < 4.78 is 0.00760. The van der Waals surface area contributed by atoms with Gasteiger partial charge in [-0.25, -0.2) is 0 Å². The molecule has 1 rings (SSSR count). The van der Waals surface area contributed by atoms with Crippen molar-refractivity contribution in [3.05, 3.63) is 0 Å². The minimum atomic E-state index is -0.102. The van der Waals surface area contributed by atoms with Gasteiger partial charge in [-0.15, -0.1) is 0 Å². The third kappa shape index (κ3) is 4.89. The summed E-state index contributed by atoms with van der Waals surface area (Å²) in [6, 6.07) is -0.102. The lowest BCUT2D eigenvalue weighted by atomic mass is 10.2. The average Bonchev–Trinajstić information content (AvgIpc) is 2.20. The van der Waals surface area contributed by atoms with Crippen LogP contribution in [-0.4, -0.2) is 46.2 Å². The smallest absolute Gasteiger partial charge is 0.0921 e. The Morgan fingerprint density at radius 1 is 1.19 bits per heavy atom. The van der Waals surface area contributed by atoms with Crippen LogP contribution in [0.4, 0.5) is 0 Å². The fourth-order valence-electron chi connectivity index (χ4n) is 1.09. The van der Waals surface area contributed by atoms with E-state index in [-0.39, 0.29) is 22.1 Å². The molecule has 5 heteroatoms. The van der Waals surface area contributed by atoms with Crippen molar-refractivity contribution in [3.63, 3.8) is 0 Å². The number of nitrogens with zero attached hydrogens (tertiary/aromatic N) is 2. The zero-order chi connectivity index (χ0) is 12.2. The highest BCUT2D eigenvalue weighted by atomic mass is 33.1. The molecule has 0 bridgehead atoms. The summed E-state index contributed by atoms with van der Waals surface area (Å²) in [6.45, 7) is 9.20. The van der Waals surface area contributed by atoms with E-state index in [2.05, 4.69) is 37.7 Å². The number of aliphatic hydroxyl groups is 1. The summed E-state index contributed by atoms with van der Waals surface area (Å²) in [5.74, 6) is 0. The minimum absolute atomic E-state index is 0.0134. The largest absolute Gasteiger partial charge is 0.394 e. The Bertz CT molecular complexity index is 288. The molecule has 1 unspecified atom stereocenters. The van der Waals surface area contributed by atoms with Crippen molar-refractivity contribution in [2.75, 3.05) is 13.2 Å². The molecule has 1 atom stereocenters. The van der Waals surface area contributed by atoms with E-state index in [1.807, 2.05) is 12.4 Å². The van der Waals surface area contributed by atoms with E-state index < -0.39 is 0 Å². The second kappa shape index (κ2) is 5.56. The van der Waals surface area contributed by atoms with E-state index in [1.54, 1.807) is 21.6 Å². The van der Waals surface area contributed by atoms with E-state index in [4.69, 9.17) is 0 Å². The maximum Gasteiger partial charge on any atom is 0.0921 e. The quantitative estimate of drug-likeness (QED) is 0.737. The highest BCUT2D eigenvalue weighted by Gasteiger charge is 2.24. The van der Waals surface area contributed by atoms with Gasteiger partial charge in [-0.2, -0.15) is 0 Å². The molecule has 1 N–H and O–H groups in total. The maximum absolute atomic E-state index is 9.17. The fraction of sp³-hybridized carbons (Fsp3) is 0.818. The first kappa shape index (κ1) is 14.1. The maximum atomic E-state index is 9.17. The standard InChI is InChI=1S/C11H20N2OS2/c1-10(2)7-12-5-9(6-14)13-8-11(3,4)16-15-10/h7-9,14H,5-6H2,1-4H3. The highest BCUT2D eigenvalue weighted by Crippen LogP contribution is 2.42. The van der Waals surface area contributed by atoms with E-state index in [9.17, 15) is 5.11 Å². The summed E-state index contributed by atoms with van der Waals surface area (Å²) in [5, 5.41) is 9.17. The Hall–Kier alpha value is -0.000000000000000111. The van der Waals surface area contributed by atoms with Crippen LogP contribution in [0.2, 0.25) is 0 Å². The average molecular weight is 260 g/mol. The molecule has 0 saturated carbocycles. The number of hydrogen-bond donors (Lipinski definition) is 1. The van der Waals surface area contributed by atoms with Crippen LogP contribution in [0.1, 0.15) is 27.7 Å². The lowest BCUT2D eigenvalue weighted by molar-refractivity contribution is 0.270. The van der Waals surface area contributed by atoms with Crippen molar-refractivity contribution >= 4 is 34.0 Å². The van der Waals surface area contributed by atoms with Gasteiger partial charge < -0.3 is 5.11 Å². The molecule has 0 spiro atoms. The van der Waals surface area contributed by atoms with Gasteiger partial charge in [0.1, 0.15) is 0 Å². The molecule has 16 heavy (non-hydrogen) atoms. The lowest BCUT2D eigenvalue weighted by Crippen LogP contribution is -2.25. The number of rotatable bonds is 1. The zero-order valence-corrected chi connectivity index (χ0v) is 11.9. The first-order chi connectivity index (χ1) is 7.35. The molecule has 0 aromatic heterocycles. The Balaban J connectivity index is 2.83. The van der Waals surface area contributed by atoms with Crippen LogP contribution in [0.5, 0.6) is 0 Å². The Morgan fingerprint density at radius 2 is 1.75 bits per heavy atom. The van der Waals surface area contributed by atoms with Crippen LogP contribution >= 0.6 is 21.6 Å². The SMILES string of the molecule is CC1(C)C=NCC(CO)N=CC(C)(C)SS1. The third-order valence-corrected chi connectivity index (χ3v) is 5.98. The Kier molecular flexibility index (Phi) is 4.88. The van der Waals surface area contributed by atoms with Gasteiger partial charge in [0, 0.05) is 12.4 Å². The second-order valence-corrected chi connectivity index (χ2v) is 8.42. The van der Waals surface area contributed by atoms with Crippen molar-refractivity contribution in [2.24, 2.45) is 9.98 Å². The molecule has 0 fully saturated rings. The Labute approximate surface area is 106 Å². The molecular weight excluding hydrogens is 240 g/mol. The molecule has 0 saturated heterocycles. The molecule has 92 valence electrons. The number of hydrogen-bond acceptors (Lipinski definition) is 5. The molecule has 0 amide bonds. The van der Waals surface area contributed by atoms with Crippen molar-refractivity contribution < 1.29 is 5.11 Å². The molecule has 1 heterocycles. The van der Waals surface area contributed by atoms with Crippen LogP contribution in [-0.2, 0) is 0 Å². The van der Waals surface area contributed by atoms with Crippen LogP contribution in [0.15, 0.2) is 9.98 Å². The first-order valence-corrected chi connectivity index (χ1v) is 7.53. The minimum Gasteiger partial charge on any atom is -0.394 e. The van der Waals surface area contributed by atoms with Gasteiger partial charge in [0.2, 0.25) is 0 Å². The van der Waals surface area contributed by atoms with Gasteiger partial charge in [-0.1, -0.05) is 21.6 Å². The molecule has 0 aliphatic carbocycles. The Morgan fingerprint density at radius 3 is 2.31 bits per heavy atom. The van der Waals surface area contributed by atoms with Crippen LogP contribution in [0, 0.1) is 0 Å². The van der Waals surface area contributed by atoms with Gasteiger partial charge in [0.05, 0.1) is 28.7 Å². The molecule has 0 aromatic carbocycles. The van der Waals surface area contributed by atoms with Crippen molar-refractivity contribution in [1.82, 2.24) is 0 Å². The van der Waals surface area contributed by atoms with Crippen LogP contribution < -0.4 is 0 Å². The molecular formula is C11H20N2OS2. The predicted molar refractivity (Wildman–Crippen MR) is 76.1 cm³/mol. The van der Waals surface area contributed by atoms with Crippen LogP contribution in [0.25, 0.3) is 0 Å². The summed E-state index contributed by atoms with van der Waals surface area (Å²) in [4.78, 5) is 8.73. The van der Waals surface area contributed by atoms with Gasteiger partial charge in [-0.3, -0.25) is 9.98 Å². The summed E-state index contributed by atoms with van der Waals surface area (Å²) in [5.41, 5.74) is 0. The summed E-state index contributed by atoms with van der Waals surface area (Å²) >= 11 is 0. The van der Waals surface area contributed by atoms with Crippen molar-refractivity contribution in [1.29, 1.82) is 0 Å². The van der Waals surface area contributed by atoms with Gasteiger partial charge in [0.25, 0.3) is 0 Å². The van der Waals surface area contributed by atoms with Crippen molar-refractivity contribution in [3.8, 4) is 0 Å². The van der Waals surface area contributed by atoms with E-state index in [1.165, 1.54) is 0 Å². The molecule has 0 radical (unpaired) electrons. The van der Waals surface area contributed by atoms with Gasteiger partial charge in [-0.05, 0) is 27.7 Å². The lowest BCUT2D eigenvalue weighted by Gasteiger charge is -2.26. The molecule has 1 aliphatic rings.